The van der Waals surface area contributed by atoms with Gasteiger partial charge in [0.25, 0.3) is 11.6 Å². The molecule has 1 aromatic carbocycles. The van der Waals surface area contributed by atoms with Crippen molar-refractivity contribution in [2.75, 3.05) is 0 Å². The van der Waals surface area contributed by atoms with Crippen LogP contribution in [-0.4, -0.2) is 32.9 Å². The van der Waals surface area contributed by atoms with Crippen LogP contribution in [0.2, 0.25) is 0 Å². The molecule has 2 aromatic rings. The predicted octanol–water partition coefficient (Wildman–Crippen LogP) is 1.67. The number of rotatable bonds is 4. The van der Waals surface area contributed by atoms with Crippen molar-refractivity contribution in [3.63, 3.8) is 0 Å². The van der Waals surface area contributed by atoms with Gasteiger partial charge in [-0.3, -0.25) is 19.7 Å². The fourth-order valence-electron chi connectivity index (χ4n) is 2.62. The zero-order chi connectivity index (χ0) is 15.9. The van der Waals surface area contributed by atoms with E-state index in [0.717, 1.165) is 0 Å². The van der Waals surface area contributed by atoms with E-state index < -0.39 is 16.8 Å². The second kappa shape index (κ2) is 5.14. The lowest BCUT2D eigenvalue weighted by molar-refractivity contribution is -0.383. The molecule has 1 aliphatic carbocycles. The van der Waals surface area contributed by atoms with Crippen LogP contribution >= 0.6 is 0 Å². The highest BCUT2D eigenvalue weighted by Gasteiger charge is 2.35. The number of amides is 1. The SMILES string of the molecule is O=C(NC1CC(C(=O)O)C1)c1cc2cccc([N+](=O)[O-])c2[nH]1. The average molecular weight is 303 g/mol. The molecule has 8 heteroatoms. The largest absolute Gasteiger partial charge is 0.481 e. The molecule has 0 aliphatic heterocycles. The van der Waals surface area contributed by atoms with Crippen molar-refractivity contribution < 1.29 is 19.6 Å². The topological polar surface area (TPSA) is 125 Å². The Morgan fingerprint density at radius 3 is 2.73 bits per heavy atom. The van der Waals surface area contributed by atoms with E-state index >= 15 is 0 Å². The molecule has 1 fully saturated rings. The van der Waals surface area contributed by atoms with E-state index in [0.29, 0.717) is 23.7 Å². The lowest BCUT2D eigenvalue weighted by atomic mass is 9.80. The Bertz CT molecular complexity index is 776. The fourth-order valence-corrected chi connectivity index (χ4v) is 2.62. The molecule has 22 heavy (non-hydrogen) atoms. The minimum absolute atomic E-state index is 0.0915. The zero-order valence-corrected chi connectivity index (χ0v) is 11.4. The van der Waals surface area contributed by atoms with Crippen molar-refractivity contribution in [3.8, 4) is 0 Å². The van der Waals surface area contributed by atoms with Crippen LogP contribution in [0.4, 0.5) is 5.69 Å². The number of benzene rings is 1. The summed E-state index contributed by atoms with van der Waals surface area (Å²) in [5.74, 6) is -1.65. The number of hydrogen-bond donors (Lipinski definition) is 3. The molecule has 1 aliphatic rings. The van der Waals surface area contributed by atoms with E-state index in [-0.39, 0.29) is 23.3 Å². The standard InChI is InChI=1S/C14H13N3O5/c18-13(15-9-4-8(5-9)14(19)20)10-6-7-2-1-3-11(17(21)22)12(7)16-10/h1-3,6,8-9,16H,4-5H2,(H,15,18)(H,19,20). The first-order valence-corrected chi connectivity index (χ1v) is 6.75. The Hall–Kier alpha value is -2.90. The number of carboxylic acids is 1. The van der Waals surface area contributed by atoms with Gasteiger partial charge in [0.1, 0.15) is 11.2 Å². The van der Waals surface area contributed by atoms with Crippen molar-refractivity contribution in [1.29, 1.82) is 0 Å². The molecular formula is C14H13N3O5. The first kappa shape index (κ1) is 14.1. The minimum atomic E-state index is -0.855. The van der Waals surface area contributed by atoms with Gasteiger partial charge in [0, 0.05) is 17.5 Å². The minimum Gasteiger partial charge on any atom is -0.481 e. The summed E-state index contributed by atoms with van der Waals surface area (Å²) in [6, 6.07) is 5.98. The first-order chi connectivity index (χ1) is 10.5. The molecule has 3 N–H and O–H groups in total. The third-order valence-electron chi connectivity index (χ3n) is 3.90. The van der Waals surface area contributed by atoms with Gasteiger partial charge in [0.2, 0.25) is 0 Å². The highest BCUT2D eigenvalue weighted by molar-refractivity contribution is 6.00. The van der Waals surface area contributed by atoms with Crippen LogP contribution in [0.5, 0.6) is 0 Å². The predicted molar refractivity (Wildman–Crippen MR) is 76.6 cm³/mol. The second-order valence-electron chi connectivity index (χ2n) is 5.36. The number of carbonyl (C=O) groups excluding carboxylic acids is 1. The molecule has 0 bridgehead atoms. The van der Waals surface area contributed by atoms with Gasteiger partial charge >= 0.3 is 5.97 Å². The average Bonchev–Trinajstić information content (AvgIpc) is 2.85. The fraction of sp³-hybridized carbons (Fsp3) is 0.286. The van der Waals surface area contributed by atoms with E-state index in [1.54, 1.807) is 18.2 Å². The summed E-state index contributed by atoms with van der Waals surface area (Å²) in [6.07, 6.45) is 0.808. The van der Waals surface area contributed by atoms with Crippen molar-refractivity contribution in [2.45, 2.75) is 18.9 Å². The van der Waals surface area contributed by atoms with Crippen LogP contribution in [-0.2, 0) is 4.79 Å². The molecule has 0 saturated heterocycles. The number of nitro benzene ring substituents is 1. The number of carboxylic acid groups (broad SMARTS) is 1. The maximum Gasteiger partial charge on any atom is 0.306 e. The molecule has 1 amide bonds. The summed E-state index contributed by atoms with van der Waals surface area (Å²) in [6.45, 7) is 0. The van der Waals surface area contributed by atoms with Crippen LogP contribution < -0.4 is 5.32 Å². The molecule has 1 heterocycles. The van der Waals surface area contributed by atoms with Crippen molar-refractivity contribution >= 4 is 28.5 Å². The number of nitrogens with one attached hydrogen (secondary N) is 2. The van der Waals surface area contributed by atoms with Crippen molar-refractivity contribution in [3.05, 3.63) is 40.1 Å². The number of para-hydroxylation sites is 1. The number of fused-ring (bicyclic) bond motifs is 1. The summed E-state index contributed by atoms with van der Waals surface area (Å²) < 4.78 is 0. The van der Waals surface area contributed by atoms with E-state index in [1.165, 1.54) is 6.07 Å². The van der Waals surface area contributed by atoms with E-state index in [4.69, 9.17) is 5.11 Å². The van der Waals surface area contributed by atoms with E-state index in [2.05, 4.69) is 10.3 Å². The highest BCUT2D eigenvalue weighted by atomic mass is 16.6. The van der Waals surface area contributed by atoms with Crippen molar-refractivity contribution in [2.24, 2.45) is 5.92 Å². The van der Waals surface area contributed by atoms with Gasteiger partial charge in [0.05, 0.1) is 10.8 Å². The molecular weight excluding hydrogens is 290 g/mol. The Kier molecular flexibility index (Phi) is 3.28. The van der Waals surface area contributed by atoms with Gasteiger partial charge in [-0.05, 0) is 18.9 Å². The number of H-pyrrole nitrogens is 1. The van der Waals surface area contributed by atoms with E-state index in [1.807, 2.05) is 0 Å². The quantitative estimate of drug-likeness (QED) is 0.585. The molecule has 1 aromatic heterocycles. The molecule has 0 radical (unpaired) electrons. The maximum atomic E-state index is 12.1. The number of hydrogen-bond acceptors (Lipinski definition) is 4. The van der Waals surface area contributed by atoms with Gasteiger partial charge in [-0.2, -0.15) is 0 Å². The maximum absolute atomic E-state index is 12.1. The van der Waals surface area contributed by atoms with Crippen LogP contribution in [0, 0.1) is 16.0 Å². The summed E-state index contributed by atoms with van der Waals surface area (Å²) in [7, 11) is 0. The summed E-state index contributed by atoms with van der Waals surface area (Å²) >= 11 is 0. The zero-order valence-electron chi connectivity index (χ0n) is 11.4. The molecule has 0 unspecified atom stereocenters. The Labute approximate surface area is 124 Å². The monoisotopic (exact) mass is 303 g/mol. The van der Waals surface area contributed by atoms with Crippen LogP contribution in [0.25, 0.3) is 10.9 Å². The molecule has 0 atom stereocenters. The normalized spacial score (nSPS) is 20.4. The summed E-state index contributed by atoms with van der Waals surface area (Å²) in [5.41, 5.74) is 0.434. The second-order valence-corrected chi connectivity index (χ2v) is 5.36. The van der Waals surface area contributed by atoms with Crippen molar-refractivity contribution in [1.82, 2.24) is 10.3 Å². The molecule has 114 valence electrons. The molecule has 1 saturated carbocycles. The summed E-state index contributed by atoms with van der Waals surface area (Å²) in [4.78, 5) is 36.0. The Morgan fingerprint density at radius 1 is 1.36 bits per heavy atom. The third kappa shape index (κ3) is 2.39. The lowest BCUT2D eigenvalue weighted by Crippen LogP contribution is -2.46. The van der Waals surface area contributed by atoms with Gasteiger partial charge < -0.3 is 15.4 Å². The first-order valence-electron chi connectivity index (χ1n) is 6.75. The van der Waals surface area contributed by atoms with Gasteiger partial charge in [-0.25, -0.2) is 0 Å². The number of aromatic amines is 1. The van der Waals surface area contributed by atoms with Crippen LogP contribution in [0.15, 0.2) is 24.3 Å². The van der Waals surface area contributed by atoms with Gasteiger partial charge in [0.15, 0.2) is 0 Å². The number of aliphatic carboxylic acids is 1. The number of nitro groups is 1. The Morgan fingerprint density at radius 2 is 2.09 bits per heavy atom. The van der Waals surface area contributed by atoms with Crippen LogP contribution in [0.1, 0.15) is 23.3 Å². The Balaban J connectivity index is 1.76. The number of nitrogens with zero attached hydrogens (tertiary/aromatic N) is 1. The number of aromatic nitrogens is 1. The highest BCUT2D eigenvalue weighted by Crippen LogP contribution is 2.28. The summed E-state index contributed by atoms with van der Waals surface area (Å²) in [5, 5.41) is 23.1. The molecule has 3 rings (SSSR count). The lowest BCUT2D eigenvalue weighted by Gasteiger charge is -2.32. The van der Waals surface area contributed by atoms with Crippen LogP contribution in [0.3, 0.4) is 0 Å². The van der Waals surface area contributed by atoms with E-state index in [9.17, 15) is 19.7 Å². The van der Waals surface area contributed by atoms with Gasteiger partial charge in [-0.15, -0.1) is 0 Å². The molecule has 8 nitrogen and oxygen atoms in total. The molecule has 0 spiro atoms. The number of non-ortho nitro benzene ring substituents is 1. The third-order valence-corrected chi connectivity index (χ3v) is 3.90. The van der Waals surface area contributed by atoms with Gasteiger partial charge in [-0.1, -0.05) is 12.1 Å². The smallest absolute Gasteiger partial charge is 0.306 e. The number of carbonyl (C=O) groups is 2.